The summed E-state index contributed by atoms with van der Waals surface area (Å²) < 4.78 is 0. The van der Waals surface area contributed by atoms with Crippen LogP contribution in [0.3, 0.4) is 0 Å². The number of carbonyl (C=O) groups is 1. The van der Waals surface area contributed by atoms with E-state index in [9.17, 15) is 4.79 Å². The minimum Gasteiger partial charge on any atom is -0.353 e. The molecule has 2 N–H and O–H groups in total. The molecule has 1 saturated carbocycles. The van der Waals surface area contributed by atoms with E-state index in [0.29, 0.717) is 18.1 Å². The zero-order valence-electron chi connectivity index (χ0n) is 16.6. The highest BCUT2D eigenvalue weighted by molar-refractivity contribution is 5.96. The Hall–Kier alpha value is -2.68. The highest BCUT2D eigenvalue weighted by atomic mass is 16.2. The third-order valence-electron chi connectivity index (χ3n) is 5.50. The summed E-state index contributed by atoms with van der Waals surface area (Å²) in [7, 11) is 0. The quantitative estimate of drug-likeness (QED) is 0.582. The van der Waals surface area contributed by atoms with Gasteiger partial charge in [0.1, 0.15) is 0 Å². The van der Waals surface area contributed by atoms with Crippen molar-refractivity contribution >= 4 is 17.7 Å². The molecular weight excluding hydrogens is 344 g/mol. The van der Waals surface area contributed by atoms with E-state index in [1.54, 1.807) is 0 Å². The van der Waals surface area contributed by atoms with E-state index in [0.717, 1.165) is 24.0 Å². The first-order valence-corrected chi connectivity index (χ1v) is 10.3. The van der Waals surface area contributed by atoms with Crippen LogP contribution in [-0.2, 0) is 4.79 Å². The van der Waals surface area contributed by atoms with E-state index in [-0.39, 0.29) is 17.9 Å². The number of rotatable bonds is 8. The zero-order chi connectivity index (χ0) is 19.8. The highest BCUT2D eigenvalue weighted by Crippen LogP contribution is 2.37. The van der Waals surface area contributed by atoms with Crippen LogP contribution >= 0.6 is 0 Å². The summed E-state index contributed by atoms with van der Waals surface area (Å²) >= 11 is 0. The molecule has 2 aromatic rings. The SMILES string of the molecule is C[C@@H](CC(=N)C=Cc1ccccc1)NC(=O)C(c1ccccc1)C1CCCC1. The first-order chi connectivity index (χ1) is 13.6. The van der Waals surface area contributed by atoms with Crippen LogP contribution in [0.2, 0.25) is 0 Å². The van der Waals surface area contributed by atoms with Crippen molar-refractivity contribution in [1.29, 1.82) is 5.41 Å². The fourth-order valence-electron chi connectivity index (χ4n) is 4.13. The fourth-order valence-corrected chi connectivity index (χ4v) is 4.13. The van der Waals surface area contributed by atoms with Crippen molar-refractivity contribution in [2.45, 2.75) is 51.0 Å². The molecule has 1 aliphatic carbocycles. The molecule has 0 bridgehead atoms. The number of carbonyl (C=O) groups excluding carboxylic acids is 1. The lowest BCUT2D eigenvalue weighted by atomic mass is 9.84. The standard InChI is InChI=1S/C25H30N2O/c1-19(18-23(26)17-16-20-10-4-2-5-11-20)27-25(28)24(22-14-8-9-15-22)21-12-6-3-7-13-21/h2-7,10-13,16-17,19,22,24,26H,8-9,14-15,18H2,1H3,(H,27,28)/t19-,24?/m0/s1. The Morgan fingerprint density at radius 2 is 1.68 bits per heavy atom. The summed E-state index contributed by atoms with van der Waals surface area (Å²) in [4.78, 5) is 13.1. The fraction of sp³-hybridized carbons (Fsp3) is 0.360. The Kier molecular flexibility index (Phi) is 7.18. The second-order valence-corrected chi connectivity index (χ2v) is 7.82. The molecule has 3 nitrogen and oxygen atoms in total. The Morgan fingerprint density at radius 1 is 1.07 bits per heavy atom. The molecule has 2 atom stereocenters. The molecule has 0 aliphatic heterocycles. The number of hydrogen-bond donors (Lipinski definition) is 2. The van der Waals surface area contributed by atoms with Gasteiger partial charge in [0.25, 0.3) is 0 Å². The minimum absolute atomic E-state index is 0.0620. The maximum atomic E-state index is 13.1. The molecule has 1 fully saturated rings. The predicted molar refractivity (Wildman–Crippen MR) is 117 cm³/mol. The topological polar surface area (TPSA) is 53.0 Å². The summed E-state index contributed by atoms with van der Waals surface area (Å²) in [5.41, 5.74) is 2.71. The average Bonchev–Trinajstić information content (AvgIpc) is 3.22. The molecule has 1 amide bonds. The second-order valence-electron chi connectivity index (χ2n) is 7.82. The number of nitrogens with one attached hydrogen (secondary N) is 2. The van der Waals surface area contributed by atoms with Gasteiger partial charge in [-0.25, -0.2) is 0 Å². The Morgan fingerprint density at radius 3 is 2.32 bits per heavy atom. The van der Waals surface area contributed by atoms with Crippen LogP contribution in [-0.4, -0.2) is 17.7 Å². The average molecular weight is 375 g/mol. The minimum atomic E-state index is -0.0832. The third-order valence-corrected chi connectivity index (χ3v) is 5.50. The van der Waals surface area contributed by atoms with Crippen molar-refractivity contribution in [1.82, 2.24) is 5.32 Å². The molecule has 3 rings (SSSR count). The van der Waals surface area contributed by atoms with E-state index >= 15 is 0 Å². The lowest BCUT2D eigenvalue weighted by Gasteiger charge is -2.25. The van der Waals surface area contributed by atoms with Gasteiger partial charge in [0.15, 0.2) is 0 Å². The van der Waals surface area contributed by atoms with Crippen molar-refractivity contribution < 1.29 is 4.79 Å². The molecule has 0 aromatic heterocycles. The molecule has 0 radical (unpaired) electrons. The number of amides is 1. The lowest BCUT2D eigenvalue weighted by Crippen LogP contribution is -2.39. The van der Waals surface area contributed by atoms with Gasteiger partial charge in [-0.05, 0) is 42.9 Å². The molecule has 2 aromatic carbocycles. The number of benzene rings is 2. The van der Waals surface area contributed by atoms with Gasteiger partial charge in [0.05, 0.1) is 5.92 Å². The van der Waals surface area contributed by atoms with Crippen LogP contribution in [0.15, 0.2) is 66.7 Å². The van der Waals surface area contributed by atoms with Crippen LogP contribution < -0.4 is 5.32 Å². The molecule has 1 unspecified atom stereocenters. The normalized spacial score (nSPS) is 16.8. The molecule has 0 spiro atoms. The predicted octanol–water partition coefficient (Wildman–Crippen LogP) is 5.59. The molecule has 28 heavy (non-hydrogen) atoms. The maximum Gasteiger partial charge on any atom is 0.228 e. The third kappa shape index (κ3) is 5.66. The van der Waals surface area contributed by atoms with E-state index in [1.165, 1.54) is 12.8 Å². The maximum absolute atomic E-state index is 13.1. The summed E-state index contributed by atoms with van der Waals surface area (Å²) in [6, 6.07) is 20.1. The van der Waals surface area contributed by atoms with Crippen LogP contribution in [0, 0.1) is 11.3 Å². The van der Waals surface area contributed by atoms with Crippen molar-refractivity contribution in [2.24, 2.45) is 5.92 Å². The number of hydrogen-bond acceptors (Lipinski definition) is 2. The Labute approximate surface area is 168 Å². The van der Waals surface area contributed by atoms with Gasteiger partial charge in [-0.2, -0.15) is 0 Å². The van der Waals surface area contributed by atoms with Gasteiger partial charge in [0, 0.05) is 18.2 Å². The van der Waals surface area contributed by atoms with E-state index in [2.05, 4.69) is 17.4 Å². The summed E-state index contributed by atoms with van der Waals surface area (Å²) in [5.74, 6) is 0.442. The van der Waals surface area contributed by atoms with Crippen molar-refractivity contribution in [2.75, 3.05) is 0 Å². The van der Waals surface area contributed by atoms with Crippen molar-refractivity contribution in [3.63, 3.8) is 0 Å². The van der Waals surface area contributed by atoms with Crippen LogP contribution in [0.25, 0.3) is 6.08 Å². The van der Waals surface area contributed by atoms with Crippen molar-refractivity contribution in [3.8, 4) is 0 Å². The molecule has 0 heterocycles. The monoisotopic (exact) mass is 374 g/mol. The van der Waals surface area contributed by atoms with Crippen molar-refractivity contribution in [3.05, 3.63) is 77.9 Å². The molecule has 146 valence electrons. The van der Waals surface area contributed by atoms with Gasteiger partial charge in [-0.3, -0.25) is 4.79 Å². The van der Waals surface area contributed by atoms with Gasteiger partial charge < -0.3 is 10.7 Å². The molecule has 1 aliphatic rings. The summed E-state index contributed by atoms with van der Waals surface area (Å²) in [6.45, 7) is 1.99. The molecule has 0 saturated heterocycles. The summed E-state index contributed by atoms with van der Waals surface area (Å²) in [5, 5.41) is 11.4. The van der Waals surface area contributed by atoms with E-state index in [4.69, 9.17) is 5.41 Å². The molecule has 3 heteroatoms. The van der Waals surface area contributed by atoms with E-state index < -0.39 is 0 Å². The largest absolute Gasteiger partial charge is 0.353 e. The lowest BCUT2D eigenvalue weighted by molar-refractivity contribution is -0.124. The van der Waals surface area contributed by atoms with Crippen LogP contribution in [0.1, 0.15) is 56.1 Å². The Bertz CT molecular complexity index is 792. The first kappa shape index (κ1) is 20.1. The van der Waals surface area contributed by atoms with Crippen LogP contribution in [0.5, 0.6) is 0 Å². The van der Waals surface area contributed by atoms with Gasteiger partial charge in [-0.1, -0.05) is 79.6 Å². The van der Waals surface area contributed by atoms with Gasteiger partial charge in [0.2, 0.25) is 5.91 Å². The smallest absolute Gasteiger partial charge is 0.228 e. The highest BCUT2D eigenvalue weighted by Gasteiger charge is 2.32. The first-order valence-electron chi connectivity index (χ1n) is 10.3. The zero-order valence-corrected chi connectivity index (χ0v) is 16.6. The Balaban J connectivity index is 1.59. The van der Waals surface area contributed by atoms with Crippen LogP contribution in [0.4, 0.5) is 0 Å². The van der Waals surface area contributed by atoms with Gasteiger partial charge >= 0.3 is 0 Å². The number of allylic oxidation sites excluding steroid dienone is 1. The second kappa shape index (κ2) is 10.0. The summed E-state index contributed by atoms with van der Waals surface area (Å²) in [6.07, 6.45) is 8.97. The van der Waals surface area contributed by atoms with E-state index in [1.807, 2.05) is 67.6 Å². The van der Waals surface area contributed by atoms with Gasteiger partial charge in [-0.15, -0.1) is 0 Å². The molecular formula is C25H30N2O.